The van der Waals surface area contributed by atoms with Gasteiger partial charge < -0.3 is 15.5 Å². The zero-order valence-electron chi connectivity index (χ0n) is 9.50. The first kappa shape index (κ1) is 11.4. The quantitative estimate of drug-likeness (QED) is 0.676. The largest absolute Gasteiger partial charge is 0.353 e. The van der Waals surface area contributed by atoms with Gasteiger partial charge >= 0.3 is 0 Å². The Labute approximate surface area is 95.6 Å². The standard InChI is InChI=1S/C11H19N3O2/c15-10(13-9-1-2-9)3-4-11(16)14-7-5-12-6-8-14/h9,12H,1-8H2,(H,13,15). The molecule has 16 heavy (non-hydrogen) atoms. The zero-order chi connectivity index (χ0) is 11.4. The lowest BCUT2D eigenvalue weighted by Crippen LogP contribution is -2.46. The number of piperazine rings is 1. The van der Waals surface area contributed by atoms with Gasteiger partial charge in [-0.2, -0.15) is 0 Å². The molecule has 2 rings (SSSR count). The monoisotopic (exact) mass is 225 g/mol. The van der Waals surface area contributed by atoms with Crippen molar-refractivity contribution in [1.82, 2.24) is 15.5 Å². The highest BCUT2D eigenvalue weighted by Crippen LogP contribution is 2.18. The minimum Gasteiger partial charge on any atom is -0.353 e. The molecule has 0 bridgehead atoms. The number of amides is 2. The number of rotatable bonds is 4. The van der Waals surface area contributed by atoms with E-state index in [1.807, 2.05) is 4.90 Å². The normalized spacial score (nSPS) is 20.6. The van der Waals surface area contributed by atoms with Gasteiger partial charge in [-0.1, -0.05) is 0 Å². The fraction of sp³-hybridized carbons (Fsp3) is 0.818. The van der Waals surface area contributed by atoms with Gasteiger partial charge in [-0.15, -0.1) is 0 Å². The van der Waals surface area contributed by atoms with Crippen molar-refractivity contribution in [3.05, 3.63) is 0 Å². The summed E-state index contributed by atoms with van der Waals surface area (Å²) in [4.78, 5) is 24.9. The molecule has 1 heterocycles. The van der Waals surface area contributed by atoms with Crippen molar-refractivity contribution in [1.29, 1.82) is 0 Å². The number of hydrogen-bond donors (Lipinski definition) is 2. The van der Waals surface area contributed by atoms with Crippen molar-refractivity contribution in [2.24, 2.45) is 0 Å². The molecule has 1 saturated heterocycles. The number of nitrogens with zero attached hydrogens (tertiary/aromatic N) is 1. The Bertz CT molecular complexity index is 270. The molecule has 1 aliphatic carbocycles. The van der Waals surface area contributed by atoms with Gasteiger partial charge in [-0.05, 0) is 12.8 Å². The van der Waals surface area contributed by atoms with Gasteiger partial charge in [0.1, 0.15) is 0 Å². The number of nitrogens with one attached hydrogen (secondary N) is 2. The highest BCUT2D eigenvalue weighted by molar-refractivity contribution is 5.84. The van der Waals surface area contributed by atoms with Crippen molar-refractivity contribution in [3.63, 3.8) is 0 Å². The van der Waals surface area contributed by atoms with Gasteiger partial charge in [-0.25, -0.2) is 0 Å². The molecule has 1 aliphatic heterocycles. The van der Waals surface area contributed by atoms with E-state index in [0.717, 1.165) is 39.0 Å². The average molecular weight is 225 g/mol. The van der Waals surface area contributed by atoms with Crippen molar-refractivity contribution in [2.45, 2.75) is 31.7 Å². The van der Waals surface area contributed by atoms with Crippen molar-refractivity contribution in [3.8, 4) is 0 Å². The lowest BCUT2D eigenvalue weighted by atomic mass is 10.2. The molecule has 1 saturated carbocycles. The minimum atomic E-state index is 0.0194. The number of carbonyl (C=O) groups is 2. The van der Waals surface area contributed by atoms with Gasteiger partial charge in [-0.3, -0.25) is 9.59 Å². The molecule has 0 atom stereocenters. The molecule has 0 aromatic carbocycles. The van der Waals surface area contributed by atoms with E-state index in [1.54, 1.807) is 0 Å². The van der Waals surface area contributed by atoms with Gasteiger partial charge in [0.05, 0.1) is 0 Å². The number of carbonyl (C=O) groups excluding carboxylic acids is 2. The molecule has 2 N–H and O–H groups in total. The van der Waals surface area contributed by atoms with E-state index in [-0.39, 0.29) is 11.8 Å². The first-order chi connectivity index (χ1) is 7.75. The predicted molar refractivity (Wildman–Crippen MR) is 59.8 cm³/mol. The lowest BCUT2D eigenvalue weighted by Gasteiger charge is -2.27. The second kappa shape index (κ2) is 5.30. The number of hydrogen-bond acceptors (Lipinski definition) is 3. The third kappa shape index (κ3) is 3.48. The van der Waals surface area contributed by atoms with Crippen LogP contribution >= 0.6 is 0 Å². The van der Waals surface area contributed by atoms with Crippen LogP contribution in [0.4, 0.5) is 0 Å². The van der Waals surface area contributed by atoms with E-state index in [2.05, 4.69) is 10.6 Å². The maximum Gasteiger partial charge on any atom is 0.223 e. The Balaban J connectivity index is 1.63. The van der Waals surface area contributed by atoms with Crippen LogP contribution in [-0.4, -0.2) is 48.9 Å². The van der Waals surface area contributed by atoms with Crippen LogP contribution < -0.4 is 10.6 Å². The van der Waals surface area contributed by atoms with Crippen LogP contribution in [0.5, 0.6) is 0 Å². The molecule has 0 aromatic rings. The molecule has 5 heteroatoms. The maximum atomic E-state index is 11.7. The smallest absolute Gasteiger partial charge is 0.223 e. The Morgan fingerprint density at radius 2 is 1.88 bits per heavy atom. The summed E-state index contributed by atoms with van der Waals surface area (Å²) in [6.07, 6.45) is 2.87. The van der Waals surface area contributed by atoms with Gasteiger partial charge in [0, 0.05) is 45.1 Å². The van der Waals surface area contributed by atoms with Crippen LogP contribution in [-0.2, 0) is 9.59 Å². The van der Waals surface area contributed by atoms with E-state index in [9.17, 15) is 9.59 Å². The van der Waals surface area contributed by atoms with Crippen molar-refractivity contribution < 1.29 is 9.59 Å². The third-order valence-corrected chi connectivity index (χ3v) is 2.98. The summed E-state index contributed by atoms with van der Waals surface area (Å²) in [6, 6.07) is 0.391. The van der Waals surface area contributed by atoms with Crippen LogP contribution in [0.3, 0.4) is 0 Å². The predicted octanol–water partition coefficient (Wildman–Crippen LogP) is -0.523. The summed E-state index contributed by atoms with van der Waals surface area (Å²) in [7, 11) is 0. The van der Waals surface area contributed by atoms with Gasteiger partial charge in [0.2, 0.25) is 11.8 Å². The SMILES string of the molecule is O=C(CCC(=O)N1CCNCC1)NC1CC1. The van der Waals surface area contributed by atoms with Gasteiger partial charge in [0.25, 0.3) is 0 Å². The molecule has 0 aromatic heterocycles. The summed E-state index contributed by atoms with van der Waals surface area (Å²) in [5, 5.41) is 6.09. The first-order valence-electron chi connectivity index (χ1n) is 6.03. The highest BCUT2D eigenvalue weighted by Gasteiger charge is 2.24. The van der Waals surface area contributed by atoms with Crippen LogP contribution in [0.2, 0.25) is 0 Å². The second-order valence-electron chi connectivity index (χ2n) is 4.47. The minimum absolute atomic E-state index is 0.0194. The Kier molecular flexibility index (Phi) is 3.77. The molecule has 2 fully saturated rings. The van der Waals surface area contributed by atoms with Crippen LogP contribution in [0.1, 0.15) is 25.7 Å². The Morgan fingerprint density at radius 3 is 2.50 bits per heavy atom. The molecular weight excluding hydrogens is 206 g/mol. The molecular formula is C11H19N3O2. The molecule has 2 amide bonds. The van der Waals surface area contributed by atoms with Crippen LogP contribution in [0.25, 0.3) is 0 Å². The zero-order valence-corrected chi connectivity index (χ0v) is 9.50. The summed E-state index contributed by atoms with van der Waals surface area (Å²) >= 11 is 0. The topological polar surface area (TPSA) is 61.4 Å². The first-order valence-corrected chi connectivity index (χ1v) is 6.03. The Morgan fingerprint density at radius 1 is 1.19 bits per heavy atom. The lowest BCUT2D eigenvalue weighted by molar-refractivity contribution is -0.134. The highest BCUT2D eigenvalue weighted by atomic mass is 16.2. The van der Waals surface area contributed by atoms with E-state index < -0.39 is 0 Å². The third-order valence-electron chi connectivity index (χ3n) is 2.98. The summed E-state index contributed by atoms with van der Waals surface area (Å²) in [5.74, 6) is 0.124. The molecule has 0 spiro atoms. The van der Waals surface area contributed by atoms with Crippen LogP contribution in [0, 0.1) is 0 Å². The van der Waals surface area contributed by atoms with Crippen molar-refractivity contribution in [2.75, 3.05) is 26.2 Å². The second-order valence-corrected chi connectivity index (χ2v) is 4.47. The molecule has 0 radical (unpaired) electrons. The maximum absolute atomic E-state index is 11.7. The molecule has 90 valence electrons. The van der Waals surface area contributed by atoms with Crippen LogP contribution in [0.15, 0.2) is 0 Å². The fourth-order valence-electron chi connectivity index (χ4n) is 1.82. The molecule has 5 nitrogen and oxygen atoms in total. The summed E-state index contributed by atoms with van der Waals surface area (Å²) in [6.45, 7) is 3.26. The van der Waals surface area contributed by atoms with Crippen molar-refractivity contribution >= 4 is 11.8 Å². The molecule has 2 aliphatic rings. The van der Waals surface area contributed by atoms with E-state index in [4.69, 9.17) is 0 Å². The molecule has 0 unspecified atom stereocenters. The van der Waals surface area contributed by atoms with E-state index >= 15 is 0 Å². The van der Waals surface area contributed by atoms with Gasteiger partial charge in [0.15, 0.2) is 0 Å². The summed E-state index contributed by atoms with van der Waals surface area (Å²) in [5.41, 5.74) is 0. The summed E-state index contributed by atoms with van der Waals surface area (Å²) < 4.78 is 0. The Hall–Kier alpha value is -1.10. The van der Waals surface area contributed by atoms with E-state index in [1.165, 1.54) is 0 Å². The fourth-order valence-corrected chi connectivity index (χ4v) is 1.82. The average Bonchev–Trinajstić information content (AvgIpc) is 3.11. The van der Waals surface area contributed by atoms with E-state index in [0.29, 0.717) is 18.9 Å².